The minimum absolute atomic E-state index is 0.231. The molecule has 1 atom stereocenters. The third-order valence-corrected chi connectivity index (χ3v) is 3.72. The van der Waals surface area contributed by atoms with Gasteiger partial charge in [0.2, 0.25) is 11.8 Å². The molecule has 2 aliphatic rings. The summed E-state index contributed by atoms with van der Waals surface area (Å²) in [5, 5.41) is 14.4. The molecule has 3 N–H and O–H groups in total. The first kappa shape index (κ1) is 12.9. The Bertz CT molecular complexity index is 386. The van der Waals surface area contributed by atoms with E-state index >= 15 is 0 Å². The van der Waals surface area contributed by atoms with Crippen molar-refractivity contribution in [1.82, 2.24) is 10.6 Å². The Hall–Kier alpha value is -1.59. The summed E-state index contributed by atoms with van der Waals surface area (Å²) in [4.78, 5) is 34.7. The number of carbonyl (C=O) groups is 3. The quantitative estimate of drug-likeness (QED) is 0.603. The monoisotopic (exact) mass is 254 g/mol. The van der Waals surface area contributed by atoms with Crippen molar-refractivity contribution in [1.29, 1.82) is 0 Å². The molecule has 2 saturated carbocycles. The molecule has 0 saturated heterocycles. The van der Waals surface area contributed by atoms with Gasteiger partial charge >= 0.3 is 5.97 Å². The molecular formula is C12H18N2O4. The molecule has 2 aliphatic carbocycles. The Balaban J connectivity index is 1.89. The molecule has 0 aliphatic heterocycles. The average Bonchev–Trinajstić information content (AvgIpc) is 2.98. The lowest BCUT2D eigenvalue weighted by atomic mass is 9.68. The second kappa shape index (κ2) is 4.59. The lowest BCUT2D eigenvalue weighted by Gasteiger charge is -2.36. The standard InChI is InChI=1S/C12H18N2O4/c1-7(9(15)14-8-3-4-8)13-10(16)12(11(17)18)5-2-6-12/h7-8H,2-6H2,1H3,(H,13,16)(H,14,15)(H,17,18). The van der Waals surface area contributed by atoms with Gasteiger partial charge in [-0.3, -0.25) is 14.4 Å². The largest absolute Gasteiger partial charge is 0.480 e. The molecule has 0 aromatic carbocycles. The van der Waals surface area contributed by atoms with Crippen LogP contribution in [0.2, 0.25) is 0 Å². The number of carbonyl (C=O) groups excluding carboxylic acids is 2. The van der Waals surface area contributed by atoms with Crippen LogP contribution in [0.5, 0.6) is 0 Å². The topological polar surface area (TPSA) is 95.5 Å². The molecular weight excluding hydrogens is 236 g/mol. The molecule has 0 radical (unpaired) electrons. The van der Waals surface area contributed by atoms with Gasteiger partial charge in [0.25, 0.3) is 0 Å². The van der Waals surface area contributed by atoms with Gasteiger partial charge in [0, 0.05) is 6.04 Å². The molecule has 18 heavy (non-hydrogen) atoms. The first-order chi connectivity index (χ1) is 8.45. The van der Waals surface area contributed by atoms with Crippen LogP contribution in [-0.4, -0.2) is 35.0 Å². The van der Waals surface area contributed by atoms with Gasteiger partial charge in [-0.25, -0.2) is 0 Å². The van der Waals surface area contributed by atoms with Crippen molar-refractivity contribution in [2.24, 2.45) is 5.41 Å². The highest BCUT2D eigenvalue weighted by Gasteiger charge is 2.51. The predicted octanol–water partition coefficient (Wildman–Crippen LogP) is 0.0246. The predicted molar refractivity (Wildman–Crippen MR) is 62.7 cm³/mol. The molecule has 0 bridgehead atoms. The first-order valence-corrected chi connectivity index (χ1v) is 6.30. The van der Waals surface area contributed by atoms with Crippen molar-refractivity contribution < 1.29 is 19.5 Å². The van der Waals surface area contributed by atoms with Crippen molar-refractivity contribution in [3.05, 3.63) is 0 Å². The highest BCUT2D eigenvalue weighted by Crippen LogP contribution is 2.41. The number of amides is 2. The van der Waals surface area contributed by atoms with Crippen LogP contribution < -0.4 is 10.6 Å². The van der Waals surface area contributed by atoms with E-state index in [0.717, 1.165) is 19.3 Å². The highest BCUT2D eigenvalue weighted by molar-refractivity contribution is 6.04. The Morgan fingerprint density at radius 2 is 1.89 bits per heavy atom. The van der Waals surface area contributed by atoms with Gasteiger partial charge in [-0.05, 0) is 32.6 Å². The summed E-state index contributed by atoms with van der Waals surface area (Å²) in [7, 11) is 0. The Kier molecular flexibility index (Phi) is 3.28. The van der Waals surface area contributed by atoms with E-state index in [-0.39, 0.29) is 11.9 Å². The van der Waals surface area contributed by atoms with Crippen molar-refractivity contribution >= 4 is 17.8 Å². The van der Waals surface area contributed by atoms with Gasteiger partial charge in [-0.2, -0.15) is 0 Å². The van der Waals surface area contributed by atoms with E-state index in [0.29, 0.717) is 12.8 Å². The van der Waals surface area contributed by atoms with Crippen molar-refractivity contribution in [3.8, 4) is 0 Å². The van der Waals surface area contributed by atoms with Crippen molar-refractivity contribution in [3.63, 3.8) is 0 Å². The number of nitrogens with one attached hydrogen (secondary N) is 2. The van der Waals surface area contributed by atoms with E-state index in [1.807, 2.05) is 0 Å². The number of aliphatic carboxylic acids is 1. The Labute approximate surface area is 105 Å². The van der Waals surface area contributed by atoms with E-state index in [9.17, 15) is 14.4 Å². The summed E-state index contributed by atoms with van der Waals surface area (Å²) < 4.78 is 0. The summed E-state index contributed by atoms with van der Waals surface area (Å²) in [6, 6.07) is -0.455. The molecule has 2 amide bonds. The third-order valence-electron chi connectivity index (χ3n) is 3.72. The summed E-state index contributed by atoms with van der Waals surface area (Å²) in [6.45, 7) is 1.57. The van der Waals surface area contributed by atoms with E-state index in [2.05, 4.69) is 10.6 Å². The third kappa shape index (κ3) is 2.32. The maximum atomic E-state index is 11.9. The van der Waals surface area contributed by atoms with E-state index < -0.39 is 23.3 Å². The van der Waals surface area contributed by atoms with Crippen LogP contribution in [-0.2, 0) is 14.4 Å². The first-order valence-electron chi connectivity index (χ1n) is 6.30. The van der Waals surface area contributed by atoms with Crippen LogP contribution in [0.4, 0.5) is 0 Å². The summed E-state index contributed by atoms with van der Waals surface area (Å²) in [5.41, 5.74) is -1.31. The number of carboxylic acid groups (broad SMARTS) is 1. The van der Waals surface area contributed by atoms with Gasteiger partial charge in [0.15, 0.2) is 0 Å². The fraction of sp³-hybridized carbons (Fsp3) is 0.750. The number of hydrogen-bond acceptors (Lipinski definition) is 3. The lowest BCUT2D eigenvalue weighted by Crippen LogP contribution is -2.55. The van der Waals surface area contributed by atoms with Gasteiger partial charge in [-0.15, -0.1) is 0 Å². The zero-order chi connectivity index (χ0) is 13.3. The Morgan fingerprint density at radius 3 is 2.28 bits per heavy atom. The van der Waals surface area contributed by atoms with Crippen LogP contribution in [0.15, 0.2) is 0 Å². The van der Waals surface area contributed by atoms with Crippen molar-refractivity contribution in [2.45, 2.75) is 51.1 Å². The van der Waals surface area contributed by atoms with Gasteiger partial charge in [-0.1, -0.05) is 6.42 Å². The van der Waals surface area contributed by atoms with Crippen LogP contribution in [0.25, 0.3) is 0 Å². The van der Waals surface area contributed by atoms with E-state index in [4.69, 9.17) is 5.11 Å². The number of rotatable bonds is 5. The average molecular weight is 254 g/mol. The van der Waals surface area contributed by atoms with Crippen LogP contribution in [0.3, 0.4) is 0 Å². The van der Waals surface area contributed by atoms with Crippen LogP contribution in [0.1, 0.15) is 39.0 Å². The zero-order valence-electron chi connectivity index (χ0n) is 10.4. The minimum Gasteiger partial charge on any atom is -0.480 e. The molecule has 0 heterocycles. The molecule has 2 rings (SSSR count). The van der Waals surface area contributed by atoms with Crippen LogP contribution >= 0.6 is 0 Å². The van der Waals surface area contributed by atoms with Gasteiger partial charge in [0.1, 0.15) is 11.5 Å². The second-order valence-corrected chi connectivity index (χ2v) is 5.22. The normalized spacial score (nSPS) is 22.5. The highest BCUT2D eigenvalue weighted by atomic mass is 16.4. The molecule has 2 fully saturated rings. The SMILES string of the molecule is CC(NC(=O)C1(C(=O)O)CCC1)C(=O)NC1CC1. The Morgan fingerprint density at radius 1 is 1.28 bits per heavy atom. The lowest BCUT2D eigenvalue weighted by molar-refractivity contribution is -0.162. The number of carboxylic acids is 1. The molecule has 100 valence electrons. The second-order valence-electron chi connectivity index (χ2n) is 5.22. The molecule has 0 aromatic heterocycles. The minimum atomic E-state index is -1.31. The fourth-order valence-electron chi connectivity index (χ4n) is 2.02. The summed E-state index contributed by atoms with van der Waals surface area (Å²) in [6.07, 6.45) is 3.40. The molecule has 0 aromatic rings. The molecule has 6 heteroatoms. The maximum absolute atomic E-state index is 11.9. The molecule has 0 spiro atoms. The van der Waals surface area contributed by atoms with Crippen LogP contribution in [0, 0.1) is 5.41 Å². The van der Waals surface area contributed by atoms with Crippen molar-refractivity contribution in [2.75, 3.05) is 0 Å². The fourth-order valence-corrected chi connectivity index (χ4v) is 2.02. The van der Waals surface area contributed by atoms with Gasteiger partial charge < -0.3 is 15.7 Å². The summed E-state index contributed by atoms with van der Waals surface area (Å²) in [5.74, 6) is -1.88. The smallest absolute Gasteiger partial charge is 0.319 e. The van der Waals surface area contributed by atoms with E-state index in [1.165, 1.54) is 0 Å². The zero-order valence-corrected chi connectivity index (χ0v) is 10.4. The van der Waals surface area contributed by atoms with Gasteiger partial charge in [0.05, 0.1) is 0 Å². The van der Waals surface area contributed by atoms with E-state index in [1.54, 1.807) is 6.92 Å². The maximum Gasteiger partial charge on any atom is 0.319 e. The molecule has 1 unspecified atom stereocenters. The molecule has 6 nitrogen and oxygen atoms in total. The number of hydrogen-bond donors (Lipinski definition) is 3. The summed E-state index contributed by atoms with van der Waals surface area (Å²) >= 11 is 0.